The van der Waals surface area contributed by atoms with Crippen LogP contribution in [0.15, 0.2) is 42.5 Å². The summed E-state index contributed by atoms with van der Waals surface area (Å²) in [7, 11) is 0. The summed E-state index contributed by atoms with van der Waals surface area (Å²) in [6, 6.07) is 14.7. The summed E-state index contributed by atoms with van der Waals surface area (Å²) in [5.74, 6) is 0.947. The van der Waals surface area contributed by atoms with Crippen LogP contribution in [0.2, 0.25) is 0 Å². The molecule has 0 fully saturated rings. The van der Waals surface area contributed by atoms with Crippen LogP contribution in [0.4, 0.5) is 0 Å². The van der Waals surface area contributed by atoms with Crippen LogP contribution in [0, 0.1) is 13.8 Å². The fourth-order valence-electron chi connectivity index (χ4n) is 2.35. The normalized spacial score (nSPS) is 12.2. The van der Waals surface area contributed by atoms with Crippen LogP contribution in [0.5, 0.6) is 5.75 Å². The zero-order valence-corrected chi connectivity index (χ0v) is 12.5. The summed E-state index contributed by atoms with van der Waals surface area (Å²) < 4.78 is 6.16. The molecule has 0 spiro atoms. The van der Waals surface area contributed by atoms with Gasteiger partial charge < -0.3 is 10.5 Å². The van der Waals surface area contributed by atoms with Gasteiger partial charge in [-0.15, -0.1) is 0 Å². The second-order valence-electron chi connectivity index (χ2n) is 5.16. The van der Waals surface area contributed by atoms with Crippen LogP contribution in [-0.2, 0) is 6.42 Å². The van der Waals surface area contributed by atoms with Crippen LogP contribution in [0.1, 0.15) is 35.3 Å². The molecule has 1 atom stereocenters. The maximum Gasteiger partial charge on any atom is 0.136 e. The molecular weight excluding hydrogens is 246 g/mol. The lowest BCUT2D eigenvalue weighted by Crippen LogP contribution is -2.19. The predicted molar refractivity (Wildman–Crippen MR) is 84.2 cm³/mol. The average Bonchev–Trinajstić information content (AvgIpc) is 2.47. The largest absolute Gasteiger partial charge is 0.484 e. The number of hydrogen-bond acceptors (Lipinski definition) is 2. The van der Waals surface area contributed by atoms with E-state index >= 15 is 0 Å². The molecule has 0 bridgehead atoms. The average molecular weight is 269 g/mol. The summed E-state index contributed by atoms with van der Waals surface area (Å²) in [5, 5.41) is 0. The Morgan fingerprint density at radius 3 is 2.10 bits per heavy atom. The van der Waals surface area contributed by atoms with Crippen LogP contribution >= 0.6 is 0 Å². The highest BCUT2D eigenvalue weighted by Gasteiger charge is 2.14. The van der Waals surface area contributed by atoms with E-state index < -0.39 is 0 Å². The number of hydrogen-bond donors (Lipinski definition) is 1. The van der Waals surface area contributed by atoms with Gasteiger partial charge in [0.25, 0.3) is 0 Å². The van der Waals surface area contributed by atoms with Crippen molar-refractivity contribution in [3.8, 4) is 5.75 Å². The predicted octanol–water partition coefficient (Wildman–Crippen LogP) is 3.94. The summed E-state index contributed by atoms with van der Waals surface area (Å²) in [5.41, 5.74) is 10.7. The monoisotopic (exact) mass is 269 g/mol. The highest BCUT2D eigenvalue weighted by Crippen LogP contribution is 2.28. The van der Waals surface area contributed by atoms with Crippen LogP contribution < -0.4 is 10.5 Å². The van der Waals surface area contributed by atoms with E-state index in [1.807, 2.05) is 6.07 Å². The van der Waals surface area contributed by atoms with E-state index in [0.717, 1.165) is 28.9 Å². The fourth-order valence-corrected chi connectivity index (χ4v) is 2.35. The second kappa shape index (κ2) is 6.58. The van der Waals surface area contributed by atoms with Gasteiger partial charge in [-0.25, -0.2) is 0 Å². The van der Waals surface area contributed by atoms with E-state index in [1.165, 1.54) is 5.56 Å². The van der Waals surface area contributed by atoms with Crippen LogP contribution in [0.3, 0.4) is 0 Å². The maximum absolute atomic E-state index is 6.16. The van der Waals surface area contributed by atoms with Gasteiger partial charge in [-0.05, 0) is 42.5 Å². The fraction of sp³-hybridized carbons (Fsp3) is 0.333. The first-order valence-electron chi connectivity index (χ1n) is 7.17. The van der Waals surface area contributed by atoms with E-state index in [-0.39, 0.29) is 6.10 Å². The lowest BCUT2D eigenvalue weighted by Gasteiger charge is -2.21. The Balaban J connectivity index is 2.24. The maximum atomic E-state index is 6.16. The molecule has 2 aromatic carbocycles. The Bertz CT molecular complexity index is 540. The minimum Gasteiger partial charge on any atom is -0.484 e. The molecule has 2 nitrogen and oxygen atoms in total. The summed E-state index contributed by atoms with van der Waals surface area (Å²) >= 11 is 0. The molecule has 2 N–H and O–H groups in total. The highest BCUT2D eigenvalue weighted by molar-refractivity contribution is 5.40. The number of benzene rings is 2. The first-order valence-corrected chi connectivity index (χ1v) is 7.17. The molecule has 2 heteroatoms. The van der Waals surface area contributed by atoms with Gasteiger partial charge in [-0.2, -0.15) is 0 Å². The Labute approximate surface area is 121 Å². The zero-order valence-electron chi connectivity index (χ0n) is 12.5. The third-order valence-corrected chi connectivity index (χ3v) is 3.64. The Hall–Kier alpha value is -1.80. The van der Waals surface area contributed by atoms with E-state index in [2.05, 4.69) is 57.2 Å². The van der Waals surface area contributed by atoms with Gasteiger partial charge in [-0.3, -0.25) is 0 Å². The second-order valence-corrected chi connectivity index (χ2v) is 5.16. The Morgan fingerprint density at radius 1 is 1.00 bits per heavy atom. The van der Waals surface area contributed by atoms with E-state index in [4.69, 9.17) is 10.5 Å². The molecule has 0 heterocycles. The molecule has 0 aliphatic heterocycles. The van der Waals surface area contributed by atoms with Crippen molar-refractivity contribution in [2.75, 3.05) is 6.54 Å². The number of rotatable bonds is 5. The first kappa shape index (κ1) is 14.6. The molecular formula is C18H23NO. The van der Waals surface area contributed by atoms with Crippen molar-refractivity contribution in [3.63, 3.8) is 0 Å². The van der Waals surface area contributed by atoms with Crippen molar-refractivity contribution in [2.45, 2.75) is 33.3 Å². The third kappa shape index (κ3) is 3.20. The van der Waals surface area contributed by atoms with Crippen molar-refractivity contribution in [1.29, 1.82) is 0 Å². The molecule has 0 saturated carbocycles. The Kier molecular flexibility index (Phi) is 4.80. The molecule has 106 valence electrons. The molecule has 0 aliphatic rings. The van der Waals surface area contributed by atoms with Gasteiger partial charge in [0.15, 0.2) is 0 Å². The zero-order chi connectivity index (χ0) is 14.5. The van der Waals surface area contributed by atoms with Crippen molar-refractivity contribution >= 4 is 0 Å². The molecule has 0 amide bonds. The smallest absolute Gasteiger partial charge is 0.136 e. The van der Waals surface area contributed by atoms with E-state index in [9.17, 15) is 0 Å². The molecule has 0 aliphatic carbocycles. The van der Waals surface area contributed by atoms with Gasteiger partial charge in [0.05, 0.1) is 0 Å². The van der Waals surface area contributed by atoms with E-state index in [0.29, 0.717) is 6.54 Å². The summed E-state index contributed by atoms with van der Waals surface area (Å²) in [4.78, 5) is 0. The Morgan fingerprint density at radius 2 is 1.60 bits per heavy atom. The molecule has 2 rings (SSSR count). The minimum absolute atomic E-state index is 0.0966. The molecule has 20 heavy (non-hydrogen) atoms. The lowest BCUT2D eigenvalue weighted by atomic mass is 10.0. The van der Waals surface area contributed by atoms with E-state index in [1.54, 1.807) is 0 Å². The quantitative estimate of drug-likeness (QED) is 0.892. The van der Waals surface area contributed by atoms with Gasteiger partial charge in [0.2, 0.25) is 0 Å². The van der Waals surface area contributed by atoms with Crippen LogP contribution in [-0.4, -0.2) is 6.54 Å². The highest BCUT2D eigenvalue weighted by atomic mass is 16.5. The third-order valence-electron chi connectivity index (χ3n) is 3.64. The van der Waals surface area contributed by atoms with Gasteiger partial charge in [-0.1, -0.05) is 49.4 Å². The van der Waals surface area contributed by atoms with Crippen molar-refractivity contribution in [2.24, 2.45) is 5.73 Å². The number of ether oxygens (including phenoxy) is 1. The first-order chi connectivity index (χ1) is 9.65. The number of para-hydroxylation sites is 1. The minimum atomic E-state index is -0.0966. The molecule has 2 aromatic rings. The SMILES string of the molecule is CCc1ccc(C(CN)Oc2c(C)cccc2C)cc1. The molecule has 0 radical (unpaired) electrons. The molecule has 0 aromatic heterocycles. The number of aryl methyl sites for hydroxylation is 3. The van der Waals surface area contributed by atoms with Crippen molar-refractivity contribution in [3.05, 3.63) is 64.7 Å². The van der Waals surface area contributed by atoms with Gasteiger partial charge in [0, 0.05) is 6.54 Å². The summed E-state index contributed by atoms with van der Waals surface area (Å²) in [6.07, 6.45) is 0.950. The molecule has 1 unspecified atom stereocenters. The number of nitrogens with two attached hydrogens (primary N) is 1. The topological polar surface area (TPSA) is 35.2 Å². The lowest BCUT2D eigenvalue weighted by molar-refractivity contribution is 0.211. The standard InChI is InChI=1S/C18H23NO/c1-4-15-8-10-16(11-9-15)17(12-19)20-18-13(2)6-5-7-14(18)3/h5-11,17H,4,12,19H2,1-3H3. The van der Waals surface area contributed by atoms with Crippen molar-refractivity contribution in [1.82, 2.24) is 0 Å². The molecule has 0 saturated heterocycles. The van der Waals surface area contributed by atoms with Gasteiger partial charge >= 0.3 is 0 Å². The van der Waals surface area contributed by atoms with Crippen molar-refractivity contribution < 1.29 is 4.74 Å². The van der Waals surface area contributed by atoms with Gasteiger partial charge in [0.1, 0.15) is 11.9 Å². The van der Waals surface area contributed by atoms with Crippen LogP contribution in [0.25, 0.3) is 0 Å². The summed E-state index contributed by atoms with van der Waals surface area (Å²) in [6.45, 7) is 6.76.